The van der Waals surface area contributed by atoms with Gasteiger partial charge in [-0.3, -0.25) is 4.79 Å². The molecule has 0 atom stereocenters. The third-order valence-corrected chi connectivity index (χ3v) is 2.92. The second kappa shape index (κ2) is 6.41. The fourth-order valence-electron chi connectivity index (χ4n) is 1.48. The number of halogens is 2. The number of nitrogens with zero attached hydrogens (tertiary/aromatic N) is 1. The SMILES string of the molecule is O=C(N/N=C/c1cc(Cl)ccc1O)c1cccc(Cl)c1. The van der Waals surface area contributed by atoms with Gasteiger partial charge in [0.05, 0.1) is 6.21 Å². The molecule has 0 fully saturated rings. The molecule has 2 aromatic rings. The average molecular weight is 309 g/mol. The quantitative estimate of drug-likeness (QED) is 0.674. The summed E-state index contributed by atoms with van der Waals surface area (Å²) in [6.45, 7) is 0. The summed E-state index contributed by atoms with van der Waals surface area (Å²) in [5.74, 6) is -0.375. The van der Waals surface area contributed by atoms with Crippen LogP contribution >= 0.6 is 23.2 Å². The average Bonchev–Trinajstić information content (AvgIpc) is 2.42. The van der Waals surface area contributed by atoms with E-state index >= 15 is 0 Å². The minimum absolute atomic E-state index is 0.0233. The first kappa shape index (κ1) is 14.4. The predicted molar refractivity (Wildman–Crippen MR) is 79.6 cm³/mol. The number of nitrogens with one attached hydrogen (secondary N) is 1. The third-order valence-electron chi connectivity index (χ3n) is 2.45. The molecule has 1 amide bonds. The van der Waals surface area contributed by atoms with E-state index in [9.17, 15) is 9.90 Å². The van der Waals surface area contributed by atoms with Crippen molar-refractivity contribution in [2.75, 3.05) is 0 Å². The minimum Gasteiger partial charge on any atom is -0.507 e. The first-order valence-electron chi connectivity index (χ1n) is 5.64. The largest absolute Gasteiger partial charge is 0.507 e. The topological polar surface area (TPSA) is 61.7 Å². The van der Waals surface area contributed by atoms with E-state index in [4.69, 9.17) is 23.2 Å². The monoisotopic (exact) mass is 308 g/mol. The Balaban J connectivity index is 2.06. The van der Waals surface area contributed by atoms with E-state index in [1.807, 2.05) is 0 Å². The molecule has 2 N–H and O–H groups in total. The van der Waals surface area contributed by atoms with Crippen LogP contribution < -0.4 is 5.43 Å². The van der Waals surface area contributed by atoms with Crippen LogP contribution in [0.1, 0.15) is 15.9 Å². The molecular weight excluding hydrogens is 299 g/mol. The Morgan fingerprint density at radius 3 is 2.65 bits per heavy atom. The first-order chi connectivity index (χ1) is 9.56. The predicted octanol–water partition coefficient (Wildman–Crippen LogP) is 3.46. The molecule has 4 nitrogen and oxygen atoms in total. The molecule has 0 aliphatic carbocycles. The molecule has 0 aliphatic rings. The maximum atomic E-state index is 11.8. The van der Waals surface area contributed by atoms with Gasteiger partial charge in [0.2, 0.25) is 0 Å². The molecule has 2 aromatic carbocycles. The van der Waals surface area contributed by atoms with Crippen molar-refractivity contribution < 1.29 is 9.90 Å². The van der Waals surface area contributed by atoms with Gasteiger partial charge in [-0.25, -0.2) is 5.43 Å². The summed E-state index contributed by atoms with van der Waals surface area (Å²) < 4.78 is 0. The first-order valence-corrected chi connectivity index (χ1v) is 6.39. The highest BCUT2D eigenvalue weighted by Crippen LogP contribution is 2.19. The number of carbonyl (C=O) groups excluding carboxylic acids is 1. The fourth-order valence-corrected chi connectivity index (χ4v) is 1.85. The van der Waals surface area contributed by atoms with Crippen molar-refractivity contribution in [3.63, 3.8) is 0 Å². The Kier molecular flexibility index (Phi) is 4.61. The number of amides is 1. The van der Waals surface area contributed by atoms with Crippen LogP contribution in [0.25, 0.3) is 0 Å². The van der Waals surface area contributed by atoms with Gasteiger partial charge in [0.25, 0.3) is 5.91 Å². The van der Waals surface area contributed by atoms with Gasteiger partial charge in [-0.2, -0.15) is 5.10 Å². The molecular formula is C14H10Cl2N2O2. The van der Waals surface area contributed by atoms with Crippen LogP contribution in [0, 0.1) is 0 Å². The number of rotatable bonds is 3. The molecule has 2 rings (SSSR count). The highest BCUT2D eigenvalue weighted by molar-refractivity contribution is 6.31. The molecule has 0 aliphatic heterocycles. The number of aromatic hydroxyl groups is 1. The lowest BCUT2D eigenvalue weighted by Gasteiger charge is -2.01. The molecule has 0 bridgehead atoms. The summed E-state index contributed by atoms with van der Waals surface area (Å²) in [4.78, 5) is 11.8. The van der Waals surface area contributed by atoms with Crippen molar-refractivity contribution in [2.45, 2.75) is 0 Å². The highest BCUT2D eigenvalue weighted by atomic mass is 35.5. The number of hydrazone groups is 1. The van der Waals surface area contributed by atoms with E-state index in [1.54, 1.807) is 24.3 Å². The Labute approximate surface area is 125 Å². The van der Waals surface area contributed by atoms with Crippen molar-refractivity contribution in [1.82, 2.24) is 5.43 Å². The van der Waals surface area contributed by atoms with Crippen LogP contribution in [-0.4, -0.2) is 17.2 Å². The zero-order valence-corrected chi connectivity index (χ0v) is 11.7. The van der Waals surface area contributed by atoms with Crippen molar-refractivity contribution in [1.29, 1.82) is 0 Å². The van der Waals surface area contributed by atoms with E-state index < -0.39 is 5.91 Å². The van der Waals surface area contributed by atoms with Crippen LogP contribution in [0.4, 0.5) is 0 Å². The number of phenols is 1. The van der Waals surface area contributed by atoms with Gasteiger partial charge >= 0.3 is 0 Å². The third kappa shape index (κ3) is 3.73. The fraction of sp³-hybridized carbons (Fsp3) is 0. The molecule has 0 saturated carbocycles. The lowest BCUT2D eigenvalue weighted by Crippen LogP contribution is -2.17. The van der Waals surface area contributed by atoms with Gasteiger partial charge in [-0.05, 0) is 36.4 Å². The summed E-state index contributed by atoms with van der Waals surface area (Å²) in [5, 5.41) is 14.3. The molecule has 0 radical (unpaired) electrons. The highest BCUT2D eigenvalue weighted by Gasteiger charge is 2.04. The Morgan fingerprint density at radius 1 is 1.15 bits per heavy atom. The zero-order chi connectivity index (χ0) is 14.5. The van der Waals surface area contributed by atoms with Gasteiger partial charge in [-0.15, -0.1) is 0 Å². The molecule has 0 spiro atoms. The van der Waals surface area contributed by atoms with E-state index in [2.05, 4.69) is 10.5 Å². The van der Waals surface area contributed by atoms with E-state index in [1.165, 1.54) is 24.4 Å². The lowest BCUT2D eigenvalue weighted by molar-refractivity contribution is 0.0955. The van der Waals surface area contributed by atoms with E-state index in [0.29, 0.717) is 21.2 Å². The number of carbonyl (C=O) groups is 1. The Bertz CT molecular complexity index is 672. The van der Waals surface area contributed by atoms with E-state index in [0.717, 1.165) is 0 Å². The second-order valence-electron chi connectivity index (χ2n) is 3.91. The molecule has 102 valence electrons. The Morgan fingerprint density at radius 2 is 1.90 bits per heavy atom. The summed E-state index contributed by atoms with van der Waals surface area (Å²) in [7, 11) is 0. The van der Waals surface area contributed by atoms with Crippen LogP contribution in [-0.2, 0) is 0 Å². The standard InChI is InChI=1S/C14H10Cl2N2O2/c15-11-3-1-2-9(6-11)14(20)18-17-8-10-7-12(16)4-5-13(10)19/h1-8,19H,(H,18,20)/b17-8+. The molecule has 0 saturated heterocycles. The maximum Gasteiger partial charge on any atom is 0.271 e. The van der Waals surface area contributed by atoms with Gasteiger partial charge in [0, 0.05) is 21.2 Å². The van der Waals surface area contributed by atoms with Crippen molar-refractivity contribution >= 4 is 35.3 Å². The second-order valence-corrected chi connectivity index (χ2v) is 4.79. The molecule has 6 heteroatoms. The van der Waals surface area contributed by atoms with Crippen LogP contribution in [0.3, 0.4) is 0 Å². The number of benzene rings is 2. The number of hydrogen-bond donors (Lipinski definition) is 2. The lowest BCUT2D eigenvalue weighted by atomic mass is 10.2. The summed E-state index contributed by atoms with van der Waals surface area (Å²) in [5.41, 5.74) is 3.14. The van der Waals surface area contributed by atoms with Crippen molar-refractivity contribution in [3.8, 4) is 5.75 Å². The number of phenolic OH excluding ortho intramolecular Hbond substituents is 1. The molecule has 0 heterocycles. The van der Waals surface area contributed by atoms with Crippen LogP contribution in [0.15, 0.2) is 47.6 Å². The zero-order valence-electron chi connectivity index (χ0n) is 10.2. The van der Waals surface area contributed by atoms with Gasteiger partial charge in [-0.1, -0.05) is 29.3 Å². The van der Waals surface area contributed by atoms with Crippen LogP contribution in [0.2, 0.25) is 10.0 Å². The van der Waals surface area contributed by atoms with Crippen molar-refractivity contribution in [2.24, 2.45) is 5.10 Å². The smallest absolute Gasteiger partial charge is 0.271 e. The molecule has 20 heavy (non-hydrogen) atoms. The minimum atomic E-state index is -0.398. The summed E-state index contributed by atoms with van der Waals surface area (Å²) in [6, 6.07) is 11.0. The van der Waals surface area contributed by atoms with E-state index in [-0.39, 0.29) is 5.75 Å². The van der Waals surface area contributed by atoms with Crippen LogP contribution in [0.5, 0.6) is 5.75 Å². The molecule has 0 unspecified atom stereocenters. The van der Waals surface area contributed by atoms with Crippen molar-refractivity contribution in [3.05, 3.63) is 63.6 Å². The normalized spacial score (nSPS) is 10.7. The van der Waals surface area contributed by atoms with Gasteiger partial charge in [0.15, 0.2) is 0 Å². The summed E-state index contributed by atoms with van der Waals surface area (Å²) in [6.07, 6.45) is 1.31. The number of hydrogen-bond acceptors (Lipinski definition) is 3. The van der Waals surface area contributed by atoms with Gasteiger partial charge < -0.3 is 5.11 Å². The summed E-state index contributed by atoms with van der Waals surface area (Å²) >= 11 is 11.6. The molecule has 0 aromatic heterocycles. The Hall–Kier alpha value is -2.04. The van der Waals surface area contributed by atoms with Gasteiger partial charge in [0.1, 0.15) is 5.75 Å². The maximum absolute atomic E-state index is 11.8.